The first kappa shape index (κ1) is 23.5. The zero-order chi connectivity index (χ0) is 21.9. The highest BCUT2D eigenvalue weighted by atomic mass is 35.5. The number of allylic oxidation sites excluding steroid dienone is 1. The Bertz CT molecular complexity index is 1020. The minimum Gasteiger partial charge on any atom is -0.387 e. The van der Waals surface area contributed by atoms with Crippen LogP contribution in [0.2, 0.25) is 5.02 Å². The maximum Gasteiger partial charge on any atom is 0.244 e. The minimum atomic E-state index is -3.65. The van der Waals surface area contributed by atoms with Crippen molar-refractivity contribution in [3.05, 3.63) is 57.6 Å². The molecular formula is C19H27ClFN4O3S+. The molecule has 0 spiro atoms. The molecule has 29 heavy (non-hydrogen) atoms. The van der Waals surface area contributed by atoms with Gasteiger partial charge < -0.3 is 10.8 Å². The van der Waals surface area contributed by atoms with E-state index in [4.69, 9.17) is 11.6 Å². The normalized spacial score (nSPS) is 13.9. The van der Waals surface area contributed by atoms with E-state index in [0.29, 0.717) is 18.7 Å². The van der Waals surface area contributed by atoms with E-state index in [1.54, 1.807) is 26.0 Å². The molecule has 7 nitrogen and oxygen atoms in total. The molecule has 0 bridgehead atoms. The molecule has 1 aromatic heterocycles. The van der Waals surface area contributed by atoms with Crippen molar-refractivity contribution in [3.8, 4) is 0 Å². The minimum absolute atomic E-state index is 0.0245. The largest absolute Gasteiger partial charge is 0.387 e. The highest BCUT2D eigenvalue weighted by Gasteiger charge is 2.23. The topological polar surface area (TPSA) is 103 Å². The average Bonchev–Trinajstić information content (AvgIpc) is 2.91. The predicted octanol–water partition coefficient (Wildman–Crippen LogP) is 1.83. The monoisotopic (exact) mass is 445 g/mol. The molecule has 1 atom stereocenters. The number of halogens is 2. The molecule has 0 aliphatic heterocycles. The molecule has 4 N–H and O–H groups in total. The van der Waals surface area contributed by atoms with Gasteiger partial charge in [-0.2, -0.15) is 5.10 Å². The lowest BCUT2D eigenvalue weighted by Gasteiger charge is -2.14. The molecular weight excluding hydrogens is 419 g/mol. The maximum absolute atomic E-state index is 13.9. The van der Waals surface area contributed by atoms with Crippen molar-refractivity contribution in [1.29, 1.82) is 0 Å². The summed E-state index contributed by atoms with van der Waals surface area (Å²) in [4.78, 5) is 0.0245. The molecule has 2 aromatic rings. The number of aliphatic hydroxyl groups is 1. The van der Waals surface area contributed by atoms with E-state index in [9.17, 15) is 17.9 Å². The van der Waals surface area contributed by atoms with Gasteiger partial charge in [0.2, 0.25) is 10.0 Å². The van der Waals surface area contributed by atoms with Crippen LogP contribution in [0.5, 0.6) is 0 Å². The van der Waals surface area contributed by atoms with Gasteiger partial charge in [-0.15, -0.1) is 0 Å². The molecule has 1 heterocycles. The smallest absolute Gasteiger partial charge is 0.244 e. The number of nitrogens with zero attached hydrogens (tertiary/aromatic N) is 3. The highest BCUT2D eigenvalue weighted by Crippen LogP contribution is 2.28. The number of hydrogen-bond donors (Lipinski definition) is 2. The quantitative estimate of drug-likeness (QED) is 0.647. The van der Waals surface area contributed by atoms with Crippen molar-refractivity contribution in [1.82, 2.24) is 14.1 Å². The lowest BCUT2D eigenvalue weighted by Crippen LogP contribution is -2.49. The summed E-state index contributed by atoms with van der Waals surface area (Å²) >= 11 is 6.24. The zero-order valence-corrected chi connectivity index (χ0v) is 18.6. The summed E-state index contributed by atoms with van der Waals surface area (Å²) in [7, 11) is -0.772. The highest BCUT2D eigenvalue weighted by molar-refractivity contribution is 7.89. The molecule has 2 rings (SSSR count). The number of benzene rings is 1. The van der Waals surface area contributed by atoms with Gasteiger partial charge in [-0.3, -0.25) is 4.68 Å². The van der Waals surface area contributed by atoms with Crippen LogP contribution in [0.1, 0.15) is 35.5 Å². The Morgan fingerprint density at radius 2 is 2.10 bits per heavy atom. The van der Waals surface area contributed by atoms with Gasteiger partial charge in [0.25, 0.3) is 0 Å². The van der Waals surface area contributed by atoms with Gasteiger partial charge >= 0.3 is 0 Å². The Morgan fingerprint density at radius 1 is 1.45 bits per heavy atom. The summed E-state index contributed by atoms with van der Waals surface area (Å²) in [6.07, 6.45) is 0.912. The van der Waals surface area contributed by atoms with E-state index < -0.39 is 16.1 Å². The van der Waals surface area contributed by atoms with Crippen LogP contribution in [-0.4, -0.2) is 48.3 Å². The Labute approximate surface area is 175 Å². The zero-order valence-electron chi connectivity index (χ0n) is 17.0. The van der Waals surface area contributed by atoms with Gasteiger partial charge in [0.15, 0.2) is 0 Å². The first-order valence-electron chi connectivity index (χ1n) is 9.08. The van der Waals surface area contributed by atoms with Crippen LogP contribution < -0.4 is 5.73 Å². The molecule has 1 unspecified atom stereocenters. The maximum atomic E-state index is 13.9. The predicted molar refractivity (Wildman–Crippen MR) is 110 cm³/mol. The number of sulfonamides is 1. The van der Waals surface area contributed by atoms with E-state index >= 15 is 0 Å². The summed E-state index contributed by atoms with van der Waals surface area (Å²) < 4.78 is 41.2. The fraction of sp³-hybridized carbons (Fsp3) is 0.421. The third-order valence-corrected chi connectivity index (χ3v) is 6.86. The number of aromatic nitrogens is 2. The summed E-state index contributed by atoms with van der Waals surface area (Å²) in [6, 6.07) is 4.73. The molecule has 1 aromatic carbocycles. The van der Waals surface area contributed by atoms with Crippen LogP contribution in [-0.2, 0) is 23.0 Å². The number of hydrogen-bond acceptors (Lipinski definition) is 4. The van der Waals surface area contributed by atoms with Crippen LogP contribution in [0.25, 0.3) is 0 Å². The molecule has 0 radical (unpaired) electrons. The second kappa shape index (κ2) is 9.36. The molecule has 10 heteroatoms. The van der Waals surface area contributed by atoms with Crippen LogP contribution in [0.3, 0.4) is 0 Å². The van der Waals surface area contributed by atoms with Gasteiger partial charge in [-0.05, 0) is 31.5 Å². The van der Waals surface area contributed by atoms with Crippen LogP contribution in [0.15, 0.2) is 35.0 Å². The number of rotatable bonds is 8. The second-order valence-electron chi connectivity index (χ2n) is 6.95. The van der Waals surface area contributed by atoms with Crippen LogP contribution in [0, 0.1) is 6.92 Å². The SMILES string of the molecule is Cc1c(Cc2ccc(S(=O)(=O)N(C)C)c(Cl)c2)c(C(C)O)nn1C/C(F)=C/C[NH3+]. The Morgan fingerprint density at radius 3 is 2.62 bits per heavy atom. The molecule has 0 fully saturated rings. The summed E-state index contributed by atoms with van der Waals surface area (Å²) in [5.41, 5.74) is 6.27. The lowest BCUT2D eigenvalue weighted by molar-refractivity contribution is -0.353. The van der Waals surface area contributed by atoms with Gasteiger partial charge in [0.05, 0.1) is 29.9 Å². The van der Waals surface area contributed by atoms with Gasteiger partial charge in [-0.1, -0.05) is 17.7 Å². The Hall–Kier alpha value is -1.78. The first-order chi connectivity index (χ1) is 13.5. The number of quaternary nitrogens is 1. The van der Waals surface area contributed by atoms with Crippen LogP contribution >= 0.6 is 11.6 Å². The molecule has 0 aliphatic rings. The summed E-state index contributed by atoms with van der Waals surface area (Å²) in [6.45, 7) is 3.69. The number of aliphatic hydroxyl groups excluding tert-OH is 1. The van der Waals surface area contributed by atoms with Crippen molar-refractivity contribution in [2.75, 3.05) is 20.6 Å². The second-order valence-corrected chi connectivity index (χ2v) is 9.48. The van der Waals surface area contributed by atoms with Crippen molar-refractivity contribution in [2.45, 2.75) is 37.8 Å². The average molecular weight is 446 g/mol. The van der Waals surface area contributed by atoms with Crippen LogP contribution in [0.4, 0.5) is 4.39 Å². The van der Waals surface area contributed by atoms with Crippen molar-refractivity contribution in [2.24, 2.45) is 0 Å². The third-order valence-electron chi connectivity index (χ3n) is 4.56. The molecule has 0 saturated heterocycles. The fourth-order valence-electron chi connectivity index (χ4n) is 2.94. The molecule has 0 saturated carbocycles. The fourth-order valence-corrected chi connectivity index (χ4v) is 4.38. The Balaban J connectivity index is 2.42. The summed E-state index contributed by atoms with van der Waals surface area (Å²) in [5, 5.41) is 14.6. The molecule has 160 valence electrons. The van der Waals surface area contributed by atoms with Crippen molar-refractivity contribution >= 4 is 21.6 Å². The van der Waals surface area contributed by atoms with Crippen molar-refractivity contribution < 1.29 is 23.6 Å². The van der Waals surface area contributed by atoms with E-state index in [1.807, 2.05) is 0 Å². The van der Waals surface area contributed by atoms with Crippen molar-refractivity contribution in [3.63, 3.8) is 0 Å². The Kier molecular flexibility index (Phi) is 7.58. The molecule has 0 aliphatic carbocycles. The van der Waals surface area contributed by atoms with E-state index in [0.717, 1.165) is 21.1 Å². The standard InChI is InChI=1S/C19H26ClFN4O3S/c1-12-16(19(13(2)26)23-25(12)11-15(21)7-8-22)9-14-5-6-18(17(20)10-14)29(27,28)24(3)4/h5-7,10,13,26H,8-9,11,22H2,1-4H3/p+1/b15-7-. The van der Waals surface area contributed by atoms with E-state index in [2.05, 4.69) is 10.8 Å². The molecule has 0 amide bonds. The summed E-state index contributed by atoms with van der Waals surface area (Å²) in [5.74, 6) is -0.351. The third kappa shape index (κ3) is 5.23. The first-order valence-corrected chi connectivity index (χ1v) is 10.9. The van der Waals surface area contributed by atoms with E-state index in [1.165, 1.54) is 30.9 Å². The van der Waals surface area contributed by atoms with Gasteiger partial charge in [0.1, 0.15) is 10.7 Å². The van der Waals surface area contributed by atoms with Gasteiger partial charge in [0, 0.05) is 37.8 Å². The lowest BCUT2D eigenvalue weighted by atomic mass is 10.0. The van der Waals surface area contributed by atoms with Gasteiger partial charge in [-0.25, -0.2) is 17.1 Å². The van der Waals surface area contributed by atoms with E-state index in [-0.39, 0.29) is 22.3 Å².